The molecule has 0 saturated heterocycles. The maximum absolute atomic E-state index is 12.9. The summed E-state index contributed by atoms with van der Waals surface area (Å²) in [6, 6.07) is 4.03. The summed E-state index contributed by atoms with van der Waals surface area (Å²) in [6.07, 6.45) is 5.17. The van der Waals surface area contributed by atoms with E-state index < -0.39 is 5.82 Å². The summed E-state index contributed by atoms with van der Waals surface area (Å²) in [5.74, 6) is -0.433. The van der Waals surface area contributed by atoms with Gasteiger partial charge in [0.15, 0.2) is 6.29 Å². The lowest BCUT2D eigenvalue weighted by Crippen LogP contribution is -1.90. The smallest absolute Gasteiger partial charge is 0.150 e. The van der Waals surface area contributed by atoms with E-state index in [1.807, 2.05) is 0 Å². The number of nitrogens with zero attached hydrogens (tertiary/aromatic N) is 2. The third kappa shape index (κ3) is 1.88. The van der Waals surface area contributed by atoms with Gasteiger partial charge in [0.25, 0.3) is 0 Å². The van der Waals surface area contributed by atoms with Gasteiger partial charge in [0.05, 0.1) is 0 Å². The Morgan fingerprint density at radius 1 is 1.20 bits per heavy atom. The number of hydrogen-bond donors (Lipinski definition) is 0. The van der Waals surface area contributed by atoms with Crippen LogP contribution in [0.3, 0.4) is 0 Å². The zero-order valence-electron chi connectivity index (χ0n) is 7.72. The van der Waals surface area contributed by atoms with Gasteiger partial charge in [-0.15, -0.1) is 0 Å². The Hall–Kier alpha value is -2.10. The Labute approximate surface area is 85.6 Å². The Balaban J connectivity index is 2.58. The highest BCUT2D eigenvalue weighted by molar-refractivity contribution is 5.87. The maximum Gasteiger partial charge on any atom is 0.150 e. The first-order valence-electron chi connectivity index (χ1n) is 4.31. The van der Waals surface area contributed by atoms with Crippen LogP contribution in [-0.4, -0.2) is 16.3 Å². The van der Waals surface area contributed by atoms with Crippen molar-refractivity contribution in [3.63, 3.8) is 0 Å². The van der Waals surface area contributed by atoms with Crippen LogP contribution in [0.1, 0.15) is 10.4 Å². The van der Waals surface area contributed by atoms with Crippen molar-refractivity contribution in [3.05, 3.63) is 48.3 Å². The molecule has 0 aliphatic heterocycles. The number of aldehydes is 1. The van der Waals surface area contributed by atoms with Crippen LogP contribution in [0.4, 0.5) is 4.39 Å². The molecule has 74 valence electrons. The molecule has 0 bridgehead atoms. The fraction of sp³-hybridized carbons (Fsp3) is 0. The first-order valence-corrected chi connectivity index (χ1v) is 4.31. The second kappa shape index (κ2) is 3.96. The van der Waals surface area contributed by atoms with Crippen LogP contribution < -0.4 is 0 Å². The summed E-state index contributed by atoms with van der Waals surface area (Å²) in [5.41, 5.74) is 1.62. The average Bonchev–Trinajstić information content (AvgIpc) is 2.30. The minimum absolute atomic E-state index is 0.296. The second-order valence-corrected chi connectivity index (χ2v) is 2.98. The van der Waals surface area contributed by atoms with Gasteiger partial charge in [0.2, 0.25) is 0 Å². The number of aromatic nitrogens is 2. The first kappa shape index (κ1) is 9.45. The van der Waals surface area contributed by atoms with Crippen LogP contribution in [0, 0.1) is 5.82 Å². The highest BCUT2D eigenvalue weighted by Gasteiger charge is 2.05. The van der Waals surface area contributed by atoms with Crippen molar-refractivity contribution in [1.82, 2.24) is 9.97 Å². The van der Waals surface area contributed by atoms with E-state index in [4.69, 9.17) is 0 Å². The summed E-state index contributed by atoms with van der Waals surface area (Å²) >= 11 is 0. The third-order valence-electron chi connectivity index (χ3n) is 2.01. The molecule has 15 heavy (non-hydrogen) atoms. The predicted octanol–water partition coefficient (Wildman–Crippen LogP) is 2.10. The fourth-order valence-electron chi connectivity index (χ4n) is 1.33. The van der Waals surface area contributed by atoms with Crippen LogP contribution >= 0.6 is 0 Å². The molecule has 0 radical (unpaired) electrons. The van der Waals surface area contributed by atoms with Crippen LogP contribution in [0.15, 0.2) is 36.9 Å². The van der Waals surface area contributed by atoms with E-state index in [-0.39, 0.29) is 0 Å². The Morgan fingerprint density at radius 3 is 2.60 bits per heavy atom. The lowest BCUT2D eigenvalue weighted by atomic mass is 10.0. The van der Waals surface area contributed by atoms with E-state index in [1.54, 1.807) is 12.4 Å². The van der Waals surface area contributed by atoms with Gasteiger partial charge in [-0.3, -0.25) is 4.79 Å². The number of carbonyl (C=O) groups excluding carboxylic acids is 1. The molecule has 0 spiro atoms. The summed E-state index contributed by atoms with van der Waals surface area (Å²) in [7, 11) is 0. The molecule has 1 heterocycles. The van der Waals surface area contributed by atoms with Gasteiger partial charge in [0.1, 0.15) is 12.1 Å². The van der Waals surface area contributed by atoms with Crippen molar-refractivity contribution in [2.24, 2.45) is 0 Å². The van der Waals surface area contributed by atoms with Crippen molar-refractivity contribution in [2.45, 2.75) is 0 Å². The zero-order valence-corrected chi connectivity index (χ0v) is 7.72. The molecule has 3 nitrogen and oxygen atoms in total. The molecule has 4 heteroatoms. The fourth-order valence-corrected chi connectivity index (χ4v) is 1.33. The van der Waals surface area contributed by atoms with E-state index in [0.717, 1.165) is 0 Å². The molecule has 0 fully saturated rings. The zero-order chi connectivity index (χ0) is 10.7. The maximum atomic E-state index is 12.9. The Morgan fingerprint density at radius 2 is 1.93 bits per heavy atom. The van der Waals surface area contributed by atoms with Crippen LogP contribution in [0.5, 0.6) is 0 Å². The van der Waals surface area contributed by atoms with E-state index in [9.17, 15) is 9.18 Å². The van der Waals surface area contributed by atoms with E-state index in [2.05, 4.69) is 9.97 Å². The molecule has 0 N–H and O–H groups in total. The number of benzene rings is 1. The van der Waals surface area contributed by atoms with Gasteiger partial charge in [0, 0.05) is 23.5 Å². The van der Waals surface area contributed by atoms with E-state index in [0.29, 0.717) is 23.0 Å². The number of hydrogen-bond acceptors (Lipinski definition) is 3. The second-order valence-electron chi connectivity index (χ2n) is 2.98. The van der Waals surface area contributed by atoms with Crippen molar-refractivity contribution < 1.29 is 9.18 Å². The first-order chi connectivity index (χ1) is 7.31. The SMILES string of the molecule is O=Cc1cc(F)ccc1-c1cncnc1. The topological polar surface area (TPSA) is 42.9 Å². The normalized spacial score (nSPS) is 9.93. The van der Waals surface area contributed by atoms with Gasteiger partial charge >= 0.3 is 0 Å². The highest BCUT2D eigenvalue weighted by Crippen LogP contribution is 2.21. The summed E-state index contributed by atoms with van der Waals surface area (Å²) in [4.78, 5) is 18.4. The third-order valence-corrected chi connectivity index (χ3v) is 2.01. The predicted molar refractivity (Wildman–Crippen MR) is 52.8 cm³/mol. The standard InChI is InChI=1S/C11H7FN2O/c12-10-1-2-11(8(3-10)6-15)9-4-13-7-14-5-9/h1-7H. The van der Waals surface area contributed by atoms with Crippen molar-refractivity contribution >= 4 is 6.29 Å². The molecular weight excluding hydrogens is 195 g/mol. The van der Waals surface area contributed by atoms with Crippen molar-refractivity contribution in [1.29, 1.82) is 0 Å². The summed E-state index contributed by atoms with van der Waals surface area (Å²) < 4.78 is 12.9. The van der Waals surface area contributed by atoms with Gasteiger partial charge in [-0.1, -0.05) is 6.07 Å². The molecule has 0 saturated carbocycles. The van der Waals surface area contributed by atoms with E-state index >= 15 is 0 Å². The van der Waals surface area contributed by atoms with Gasteiger partial charge in [-0.05, 0) is 17.7 Å². The summed E-state index contributed by atoms with van der Waals surface area (Å²) in [6.45, 7) is 0. The van der Waals surface area contributed by atoms with Gasteiger partial charge < -0.3 is 0 Å². The molecule has 2 aromatic rings. The van der Waals surface area contributed by atoms with Gasteiger partial charge in [-0.25, -0.2) is 14.4 Å². The number of halogens is 1. The quantitative estimate of drug-likeness (QED) is 0.700. The summed E-state index contributed by atoms with van der Waals surface area (Å²) in [5, 5.41) is 0. The van der Waals surface area contributed by atoms with Crippen molar-refractivity contribution in [3.8, 4) is 11.1 Å². The molecule has 0 atom stereocenters. The Kier molecular flexibility index (Phi) is 2.49. The molecule has 0 unspecified atom stereocenters. The minimum Gasteiger partial charge on any atom is -0.298 e. The van der Waals surface area contributed by atoms with E-state index in [1.165, 1.54) is 24.5 Å². The molecule has 1 aromatic carbocycles. The van der Waals surface area contributed by atoms with Crippen LogP contribution in [0.2, 0.25) is 0 Å². The monoisotopic (exact) mass is 202 g/mol. The number of carbonyl (C=O) groups is 1. The molecule has 0 aliphatic rings. The lowest BCUT2D eigenvalue weighted by molar-refractivity contribution is 0.112. The average molecular weight is 202 g/mol. The molecule has 0 aliphatic carbocycles. The molecule has 0 amide bonds. The van der Waals surface area contributed by atoms with Gasteiger partial charge in [-0.2, -0.15) is 0 Å². The van der Waals surface area contributed by atoms with Crippen LogP contribution in [0.25, 0.3) is 11.1 Å². The molecule has 1 aromatic heterocycles. The molecular formula is C11H7FN2O. The number of rotatable bonds is 2. The lowest BCUT2D eigenvalue weighted by Gasteiger charge is -2.03. The highest BCUT2D eigenvalue weighted by atomic mass is 19.1. The Bertz CT molecular complexity index is 485. The largest absolute Gasteiger partial charge is 0.298 e. The minimum atomic E-state index is -0.433. The van der Waals surface area contributed by atoms with Crippen LogP contribution in [-0.2, 0) is 0 Å². The molecule has 2 rings (SSSR count). The van der Waals surface area contributed by atoms with Crippen molar-refractivity contribution in [2.75, 3.05) is 0 Å².